The summed E-state index contributed by atoms with van der Waals surface area (Å²) in [6.07, 6.45) is 0. The quantitative estimate of drug-likeness (QED) is 0.736. The second-order valence-electron chi connectivity index (χ2n) is 4.62. The van der Waals surface area contributed by atoms with Crippen LogP contribution in [-0.2, 0) is 9.53 Å². The largest absolute Gasteiger partial charge is 0.491 e. The molecule has 0 bridgehead atoms. The van der Waals surface area contributed by atoms with Crippen molar-refractivity contribution in [3.63, 3.8) is 0 Å². The fourth-order valence-electron chi connectivity index (χ4n) is 1.41. The molecule has 19 heavy (non-hydrogen) atoms. The molecule has 0 spiro atoms. The molecule has 5 nitrogen and oxygen atoms in total. The third kappa shape index (κ3) is 5.28. The monoisotopic (exact) mass is 266 g/mol. The van der Waals surface area contributed by atoms with Gasteiger partial charge in [0, 0.05) is 12.8 Å². The minimum absolute atomic E-state index is 0.108. The van der Waals surface area contributed by atoms with Crippen molar-refractivity contribution in [1.29, 1.82) is 0 Å². The van der Waals surface area contributed by atoms with E-state index < -0.39 is 6.04 Å². The van der Waals surface area contributed by atoms with Gasteiger partial charge < -0.3 is 20.5 Å². The van der Waals surface area contributed by atoms with Crippen LogP contribution >= 0.6 is 0 Å². The maximum atomic E-state index is 11.8. The van der Waals surface area contributed by atoms with Gasteiger partial charge in [0.25, 0.3) is 0 Å². The maximum Gasteiger partial charge on any atom is 0.241 e. The normalized spacial score (nSPS) is 12.3. The molecule has 0 aliphatic rings. The van der Waals surface area contributed by atoms with Crippen LogP contribution in [-0.4, -0.2) is 32.3 Å². The van der Waals surface area contributed by atoms with Crippen molar-refractivity contribution in [2.45, 2.75) is 19.9 Å². The molecular weight excluding hydrogens is 244 g/mol. The molecule has 0 radical (unpaired) electrons. The number of nitrogens with two attached hydrogens (primary N) is 1. The van der Waals surface area contributed by atoms with Crippen molar-refractivity contribution in [2.75, 3.05) is 25.6 Å². The van der Waals surface area contributed by atoms with Crippen molar-refractivity contribution >= 4 is 11.6 Å². The van der Waals surface area contributed by atoms with E-state index in [4.69, 9.17) is 15.2 Å². The summed E-state index contributed by atoms with van der Waals surface area (Å²) in [5, 5.41) is 2.77. The number of hydrogen-bond donors (Lipinski definition) is 2. The lowest BCUT2D eigenvalue weighted by Crippen LogP contribution is -2.39. The Balaban J connectivity index is 2.50. The molecule has 3 N–H and O–H groups in total. The number of ether oxygens (including phenoxy) is 2. The molecule has 1 aromatic rings. The van der Waals surface area contributed by atoms with E-state index in [1.54, 1.807) is 31.4 Å². The van der Waals surface area contributed by atoms with E-state index in [1.807, 2.05) is 13.8 Å². The zero-order valence-electron chi connectivity index (χ0n) is 11.7. The smallest absolute Gasteiger partial charge is 0.241 e. The Morgan fingerprint density at radius 2 is 1.89 bits per heavy atom. The lowest BCUT2D eigenvalue weighted by atomic mass is 10.1. The van der Waals surface area contributed by atoms with Crippen LogP contribution in [0.5, 0.6) is 5.75 Å². The maximum absolute atomic E-state index is 11.8. The number of nitrogens with one attached hydrogen (secondary N) is 1. The van der Waals surface area contributed by atoms with Crippen LogP contribution in [0.1, 0.15) is 13.8 Å². The van der Waals surface area contributed by atoms with Crippen LogP contribution < -0.4 is 15.8 Å². The molecule has 0 aliphatic carbocycles. The molecule has 1 aromatic carbocycles. The standard InChI is InChI=1S/C14H22N2O3/c1-10(2)13(15)14(17)16-11-4-6-12(7-5-11)19-9-8-18-3/h4-7,10,13H,8-9,15H2,1-3H3,(H,16,17). The second-order valence-corrected chi connectivity index (χ2v) is 4.62. The van der Waals surface area contributed by atoms with Crippen molar-refractivity contribution in [2.24, 2.45) is 11.7 Å². The highest BCUT2D eigenvalue weighted by Gasteiger charge is 2.16. The average molecular weight is 266 g/mol. The molecule has 0 saturated heterocycles. The first-order valence-corrected chi connectivity index (χ1v) is 6.33. The fraction of sp³-hybridized carbons (Fsp3) is 0.500. The Bertz CT molecular complexity index is 390. The zero-order valence-corrected chi connectivity index (χ0v) is 11.7. The molecule has 1 amide bonds. The van der Waals surface area contributed by atoms with Crippen LogP contribution in [0.3, 0.4) is 0 Å². The molecule has 0 saturated carbocycles. The van der Waals surface area contributed by atoms with Gasteiger partial charge in [0.1, 0.15) is 12.4 Å². The van der Waals surface area contributed by atoms with Crippen LogP contribution in [0.15, 0.2) is 24.3 Å². The van der Waals surface area contributed by atoms with Crippen LogP contribution in [0, 0.1) is 5.92 Å². The van der Waals surface area contributed by atoms with Crippen molar-refractivity contribution in [1.82, 2.24) is 0 Å². The highest BCUT2D eigenvalue weighted by Crippen LogP contribution is 2.16. The Morgan fingerprint density at radius 3 is 2.42 bits per heavy atom. The van der Waals surface area contributed by atoms with Gasteiger partial charge in [-0.3, -0.25) is 4.79 Å². The van der Waals surface area contributed by atoms with E-state index >= 15 is 0 Å². The third-order valence-electron chi connectivity index (χ3n) is 2.70. The molecule has 0 aromatic heterocycles. The van der Waals surface area contributed by atoms with Gasteiger partial charge in [-0.15, -0.1) is 0 Å². The van der Waals surface area contributed by atoms with Gasteiger partial charge in [0.2, 0.25) is 5.91 Å². The topological polar surface area (TPSA) is 73.6 Å². The number of benzene rings is 1. The highest BCUT2D eigenvalue weighted by molar-refractivity contribution is 5.94. The van der Waals surface area contributed by atoms with E-state index in [0.717, 1.165) is 5.75 Å². The van der Waals surface area contributed by atoms with Gasteiger partial charge in [-0.25, -0.2) is 0 Å². The lowest BCUT2D eigenvalue weighted by molar-refractivity contribution is -0.118. The van der Waals surface area contributed by atoms with Gasteiger partial charge in [0.05, 0.1) is 12.6 Å². The summed E-state index contributed by atoms with van der Waals surface area (Å²) in [7, 11) is 1.62. The van der Waals surface area contributed by atoms with E-state index in [1.165, 1.54) is 0 Å². The molecule has 5 heteroatoms. The van der Waals surface area contributed by atoms with Gasteiger partial charge in [-0.05, 0) is 30.2 Å². The average Bonchev–Trinajstić information content (AvgIpc) is 2.40. The van der Waals surface area contributed by atoms with E-state index in [0.29, 0.717) is 18.9 Å². The lowest BCUT2D eigenvalue weighted by Gasteiger charge is -2.15. The number of carbonyl (C=O) groups excluding carboxylic acids is 1. The van der Waals surface area contributed by atoms with Gasteiger partial charge in [-0.1, -0.05) is 13.8 Å². The molecule has 1 unspecified atom stereocenters. The first-order chi connectivity index (χ1) is 9.04. The predicted octanol–water partition coefficient (Wildman–Crippen LogP) is 1.63. The number of amides is 1. The number of methoxy groups -OCH3 is 1. The van der Waals surface area contributed by atoms with Crippen molar-refractivity contribution < 1.29 is 14.3 Å². The summed E-state index contributed by atoms with van der Waals surface area (Å²) in [5.74, 6) is 0.669. The van der Waals surface area contributed by atoms with Crippen LogP contribution in [0.4, 0.5) is 5.69 Å². The summed E-state index contributed by atoms with van der Waals surface area (Å²) >= 11 is 0. The van der Waals surface area contributed by atoms with Crippen LogP contribution in [0.25, 0.3) is 0 Å². The van der Waals surface area contributed by atoms with Crippen LogP contribution in [0.2, 0.25) is 0 Å². The Kier molecular flexibility index (Phi) is 6.32. The number of anilines is 1. The Morgan fingerprint density at radius 1 is 1.26 bits per heavy atom. The molecular formula is C14H22N2O3. The van der Waals surface area contributed by atoms with Gasteiger partial charge in [-0.2, -0.15) is 0 Å². The molecule has 1 rings (SSSR count). The highest BCUT2D eigenvalue weighted by atomic mass is 16.5. The first kappa shape index (κ1) is 15.5. The van der Waals surface area contributed by atoms with E-state index in [-0.39, 0.29) is 11.8 Å². The fourth-order valence-corrected chi connectivity index (χ4v) is 1.41. The van der Waals surface area contributed by atoms with Gasteiger partial charge in [0.15, 0.2) is 0 Å². The first-order valence-electron chi connectivity index (χ1n) is 6.33. The summed E-state index contributed by atoms with van der Waals surface area (Å²) in [6, 6.07) is 6.66. The van der Waals surface area contributed by atoms with E-state index in [2.05, 4.69) is 5.32 Å². The molecule has 1 atom stereocenters. The minimum atomic E-state index is -0.502. The summed E-state index contributed by atoms with van der Waals surface area (Å²) in [6.45, 7) is 4.87. The predicted molar refractivity (Wildman–Crippen MR) is 75.3 cm³/mol. The molecule has 106 valence electrons. The zero-order chi connectivity index (χ0) is 14.3. The van der Waals surface area contributed by atoms with Gasteiger partial charge >= 0.3 is 0 Å². The van der Waals surface area contributed by atoms with Crippen molar-refractivity contribution in [3.8, 4) is 5.75 Å². The molecule has 0 fully saturated rings. The molecule has 0 heterocycles. The van der Waals surface area contributed by atoms with E-state index in [9.17, 15) is 4.79 Å². The summed E-state index contributed by atoms with van der Waals surface area (Å²) in [4.78, 5) is 11.8. The second kappa shape index (κ2) is 7.76. The SMILES string of the molecule is COCCOc1ccc(NC(=O)C(N)C(C)C)cc1. The number of hydrogen-bond acceptors (Lipinski definition) is 4. The van der Waals surface area contributed by atoms with Crippen molar-refractivity contribution in [3.05, 3.63) is 24.3 Å². The third-order valence-corrected chi connectivity index (χ3v) is 2.70. The number of carbonyl (C=O) groups is 1. The Hall–Kier alpha value is -1.59. The number of rotatable bonds is 7. The minimum Gasteiger partial charge on any atom is -0.491 e. The molecule has 0 aliphatic heterocycles. The Labute approximate surface area is 114 Å². The summed E-state index contributed by atoms with van der Waals surface area (Å²) < 4.78 is 10.3. The summed E-state index contributed by atoms with van der Waals surface area (Å²) in [5.41, 5.74) is 6.48.